The van der Waals surface area contributed by atoms with Gasteiger partial charge in [0, 0.05) is 24.0 Å². The van der Waals surface area contributed by atoms with Gasteiger partial charge in [-0.05, 0) is 45.3 Å². The summed E-state index contributed by atoms with van der Waals surface area (Å²) >= 11 is 0. The number of nitrogens with one attached hydrogen (secondary N) is 1. The molecule has 0 radical (unpaired) electrons. The van der Waals surface area contributed by atoms with E-state index in [1.54, 1.807) is 0 Å². The van der Waals surface area contributed by atoms with Crippen molar-refractivity contribution in [2.45, 2.75) is 38.8 Å². The number of nitrogens with zero attached hydrogens (tertiary/aromatic N) is 1. The van der Waals surface area contributed by atoms with E-state index < -0.39 is 0 Å². The molecule has 0 bridgehead atoms. The molecule has 0 unspecified atom stereocenters. The zero-order valence-corrected chi connectivity index (χ0v) is 11.5. The molecule has 3 rings (SSSR count). The standard InChI is InChI=1S/C16H24N2/c1-13(2)18-12-16(8-10-17-11-9-16)15(18)14-6-4-3-5-7-14/h3-7,13,15,17H,8-12H2,1-2H3/t15-/m1/s1. The van der Waals surface area contributed by atoms with Gasteiger partial charge in [-0.2, -0.15) is 0 Å². The predicted octanol–water partition coefficient (Wildman–Crippen LogP) is 2.82. The molecule has 0 amide bonds. The fourth-order valence-corrected chi connectivity index (χ4v) is 3.80. The summed E-state index contributed by atoms with van der Waals surface area (Å²) in [4.78, 5) is 2.67. The molecule has 2 heteroatoms. The highest BCUT2D eigenvalue weighted by molar-refractivity contribution is 5.26. The van der Waals surface area contributed by atoms with Gasteiger partial charge < -0.3 is 5.32 Å². The third-order valence-corrected chi connectivity index (χ3v) is 4.79. The van der Waals surface area contributed by atoms with Crippen molar-refractivity contribution in [2.24, 2.45) is 5.41 Å². The van der Waals surface area contributed by atoms with Gasteiger partial charge in [-0.25, -0.2) is 0 Å². The van der Waals surface area contributed by atoms with Crippen LogP contribution in [0.4, 0.5) is 0 Å². The molecule has 0 saturated carbocycles. The lowest BCUT2D eigenvalue weighted by Gasteiger charge is -2.61. The predicted molar refractivity (Wildman–Crippen MR) is 75.6 cm³/mol. The molecule has 1 atom stereocenters. The topological polar surface area (TPSA) is 15.3 Å². The van der Waals surface area contributed by atoms with Crippen molar-refractivity contribution in [1.82, 2.24) is 10.2 Å². The minimum Gasteiger partial charge on any atom is -0.317 e. The molecule has 2 aliphatic rings. The van der Waals surface area contributed by atoms with Crippen molar-refractivity contribution < 1.29 is 0 Å². The fraction of sp³-hybridized carbons (Fsp3) is 0.625. The van der Waals surface area contributed by atoms with Gasteiger partial charge in [0.15, 0.2) is 0 Å². The van der Waals surface area contributed by atoms with Crippen LogP contribution >= 0.6 is 0 Å². The van der Waals surface area contributed by atoms with E-state index >= 15 is 0 Å². The summed E-state index contributed by atoms with van der Waals surface area (Å²) in [5.74, 6) is 0. The summed E-state index contributed by atoms with van der Waals surface area (Å²) in [6.07, 6.45) is 2.66. The zero-order chi connectivity index (χ0) is 12.6. The largest absolute Gasteiger partial charge is 0.317 e. The Morgan fingerprint density at radius 1 is 1.17 bits per heavy atom. The number of hydrogen-bond acceptors (Lipinski definition) is 2. The molecule has 2 saturated heterocycles. The maximum absolute atomic E-state index is 3.51. The van der Waals surface area contributed by atoms with E-state index in [0.29, 0.717) is 17.5 Å². The quantitative estimate of drug-likeness (QED) is 0.860. The van der Waals surface area contributed by atoms with Gasteiger partial charge in [0.2, 0.25) is 0 Å². The van der Waals surface area contributed by atoms with Crippen molar-refractivity contribution in [1.29, 1.82) is 0 Å². The van der Waals surface area contributed by atoms with E-state index in [-0.39, 0.29) is 0 Å². The molecule has 2 fully saturated rings. The number of hydrogen-bond donors (Lipinski definition) is 1. The molecule has 2 nitrogen and oxygen atoms in total. The first kappa shape index (κ1) is 12.2. The van der Waals surface area contributed by atoms with Crippen molar-refractivity contribution in [3.63, 3.8) is 0 Å². The fourth-order valence-electron chi connectivity index (χ4n) is 3.80. The maximum atomic E-state index is 3.51. The molecule has 1 N–H and O–H groups in total. The molecule has 18 heavy (non-hydrogen) atoms. The van der Waals surface area contributed by atoms with Gasteiger partial charge in [-0.3, -0.25) is 4.90 Å². The van der Waals surface area contributed by atoms with Crippen molar-refractivity contribution in [3.05, 3.63) is 35.9 Å². The van der Waals surface area contributed by atoms with Crippen molar-refractivity contribution in [3.8, 4) is 0 Å². The van der Waals surface area contributed by atoms with Crippen molar-refractivity contribution in [2.75, 3.05) is 19.6 Å². The Balaban J connectivity index is 1.89. The summed E-state index contributed by atoms with van der Waals surface area (Å²) in [6, 6.07) is 12.4. The third-order valence-electron chi connectivity index (χ3n) is 4.79. The lowest BCUT2D eigenvalue weighted by molar-refractivity contribution is -0.113. The van der Waals surface area contributed by atoms with Crippen LogP contribution in [0.2, 0.25) is 0 Å². The summed E-state index contributed by atoms with van der Waals surface area (Å²) in [5.41, 5.74) is 2.05. The highest BCUT2D eigenvalue weighted by atomic mass is 15.3. The van der Waals surface area contributed by atoms with E-state index in [2.05, 4.69) is 54.4 Å². The first-order valence-electron chi connectivity index (χ1n) is 7.24. The van der Waals surface area contributed by atoms with Crippen LogP contribution in [-0.2, 0) is 0 Å². The molecular formula is C16H24N2. The lowest BCUT2D eigenvalue weighted by atomic mass is 9.63. The third kappa shape index (κ3) is 1.88. The summed E-state index contributed by atoms with van der Waals surface area (Å²) < 4.78 is 0. The van der Waals surface area contributed by atoms with E-state index in [9.17, 15) is 0 Å². The summed E-state index contributed by atoms with van der Waals surface area (Å²) in [6.45, 7) is 8.31. The van der Waals surface area contributed by atoms with Crippen LogP contribution in [0.25, 0.3) is 0 Å². The molecular weight excluding hydrogens is 220 g/mol. The highest BCUT2D eigenvalue weighted by Gasteiger charge is 2.53. The van der Waals surface area contributed by atoms with Crippen LogP contribution < -0.4 is 5.32 Å². The molecule has 98 valence electrons. The van der Waals surface area contributed by atoms with Gasteiger partial charge in [0.05, 0.1) is 0 Å². The summed E-state index contributed by atoms with van der Waals surface area (Å²) in [7, 11) is 0. The molecule has 1 spiro atoms. The smallest absolute Gasteiger partial charge is 0.0420 e. The minimum absolute atomic E-state index is 0.539. The van der Waals surface area contributed by atoms with Crippen LogP contribution in [0, 0.1) is 5.41 Å². The van der Waals surface area contributed by atoms with Crippen LogP contribution in [0.3, 0.4) is 0 Å². The average Bonchev–Trinajstić information content (AvgIpc) is 2.38. The molecule has 2 aliphatic heterocycles. The van der Waals surface area contributed by atoms with E-state index in [0.717, 1.165) is 0 Å². The monoisotopic (exact) mass is 244 g/mol. The Kier molecular flexibility index (Phi) is 3.16. The van der Waals surface area contributed by atoms with E-state index in [1.807, 2.05) is 0 Å². The average molecular weight is 244 g/mol. The highest BCUT2D eigenvalue weighted by Crippen LogP contribution is 2.54. The van der Waals surface area contributed by atoms with Gasteiger partial charge in [-0.15, -0.1) is 0 Å². The zero-order valence-electron chi connectivity index (χ0n) is 11.5. The number of rotatable bonds is 2. The first-order chi connectivity index (χ1) is 8.73. The number of likely N-dealkylation sites (tertiary alicyclic amines) is 1. The molecule has 1 aromatic carbocycles. The van der Waals surface area contributed by atoms with Gasteiger partial charge >= 0.3 is 0 Å². The van der Waals surface area contributed by atoms with Crippen LogP contribution in [0.5, 0.6) is 0 Å². The van der Waals surface area contributed by atoms with Crippen molar-refractivity contribution >= 4 is 0 Å². The van der Waals surface area contributed by atoms with E-state index in [1.165, 1.54) is 38.0 Å². The SMILES string of the molecule is CC(C)N1CC2(CCNCC2)[C@H]1c1ccccc1. The van der Waals surface area contributed by atoms with Gasteiger partial charge in [-0.1, -0.05) is 30.3 Å². The molecule has 1 aromatic rings. The maximum Gasteiger partial charge on any atom is 0.0420 e. The molecule has 2 heterocycles. The van der Waals surface area contributed by atoms with Gasteiger partial charge in [0.1, 0.15) is 0 Å². The Morgan fingerprint density at radius 3 is 2.44 bits per heavy atom. The lowest BCUT2D eigenvalue weighted by Crippen LogP contribution is -2.63. The minimum atomic E-state index is 0.539. The Labute approximate surface area is 110 Å². The second-order valence-electron chi connectivity index (χ2n) is 6.19. The second-order valence-corrected chi connectivity index (χ2v) is 6.19. The van der Waals surface area contributed by atoms with Crippen LogP contribution in [0.15, 0.2) is 30.3 Å². The Hall–Kier alpha value is -0.860. The Bertz CT molecular complexity index is 393. The molecule has 0 aromatic heterocycles. The van der Waals surface area contributed by atoms with Gasteiger partial charge in [0.25, 0.3) is 0 Å². The Morgan fingerprint density at radius 2 is 1.83 bits per heavy atom. The van der Waals surface area contributed by atoms with E-state index in [4.69, 9.17) is 0 Å². The second kappa shape index (κ2) is 4.67. The first-order valence-corrected chi connectivity index (χ1v) is 7.24. The molecule has 0 aliphatic carbocycles. The number of piperidine rings is 1. The van der Waals surface area contributed by atoms with Crippen LogP contribution in [0.1, 0.15) is 38.3 Å². The van der Waals surface area contributed by atoms with Crippen LogP contribution in [-0.4, -0.2) is 30.6 Å². The number of benzene rings is 1. The summed E-state index contributed by atoms with van der Waals surface area (Å²) in [5, 5.41) is 3.51. The normalized spacial score (nSPS) is 27.4.